The Hall–Kier alpha value is -4.54. The van der Waals surface area contributed by atoms with Crippen LogP contribution in [0.3, 0.4) is 0 Å². The van der Waals surface area contributed by atoms with Crippen molar-refractivity contribution in [3.05, 3.63) is 122 Å². The average Bonchev–Trinajstić information content (AvgIpc) is 1.14. The zero-order valence-corrected chi connectivity index (χ0v) is 61.5. The molecule has 0 aromatic carbocycles. The van der Waals surface area contributed by atoms with Gasteiger partial charge in [0.15, 0.2) is 12.2 Å². The Morgan fingerprint density at radius 1 is 0.302 bits per heavy atom. The van der Waals surface area contributed by atoms with Crippen molar-refractivity contribution in [1.82, 2.24) is 0 Å². The minimum Gasteiger partial charge on any atom is -0.462 e. The van der Waals surface area contributed by atoms with Crippen molar-refractivity contribution in [2.75, 3.05) is 39.6 Å². The summed E-state index contributed by atoms with van der Waals surface area (Å²) in [4.78, 5) is 72.7. The lowest BCUT2D eigenvalue weighted by molar-refractivity contribution is -0.161. The first-order valence-electron chi connectivity index (χ1n) is 36.8. The van der Waals surface area contributed by atoms with Gasteiger partial charge in [0.25, 0.3) is 0 Å². The van der Waals surface area contributed by atoms with Crippen molar-refractivity contribution in [2.24, 2.45) is 0 Å². The number of carbonyl (C=O) groups excluding carboxylic acids is 4. The molecule has 17 nitrogen and oxygen atoms in total. The molecule has 0 amide bonds. The monoisotopic (exact) mass is 1390 g/mol. The molecule has 0 rings (SSSR count). The summed E-state index contributed by atoms with van der Waals surface area (Å²) in [5.41, 5.74) is 0. The highest BCUT2D eigenvalue weighted by Gasteiger charge is 2.30. The van der Waals surface area contributed by atoms with Crippen molar-refractivity contribution in [2.45, 2.75) is 303 Å². The van der Waals surface area contributed by atoms with Gasteiger partial charge in [0.1, 0.15) is 19.3 Å². The van der Waals surface area contributed by atoms with Crippen LogP contribution in [0.4, 0.5) is 0 Å². The summed E-state index contributed by atoms with van der Waals surface area (Å²) >= 11 is 0. The van der Waals surface area contributed by atoms with Crippen molar-refractivity contribution in [3.63, 3.8) is 0 Å². The molecular formula is C77H130O17P2. The van der Waals surface area contributed by atoms with E-state index in [0.29, 0.717) is 25.7 Å². The highest BCUT2D eigenvalue weighted by Crippen LogP contribution is 2.45. The maximum absolute atomic E-state index is 13.1. The number of aliphatic hydroxyl groups is 1. The quantitative estimate of drug-likeness (QED) is 0.0169. The molecule has 19 heteroatoms. The molecule has 0 spiro atoms. The number of esters is 4. The van der Waals surface area contributed by atoms with Crippen molar-refractivity contribution >= 4 is 39.5 Å². The van der Waals surface area contributed by atoms with E-state index in [9.17, 15) is 43.2 Å². The normalized spacial score (nSPS) is 14.7. The maximum Gasteiger partial charge on any atom is 0.472 e. The second-order valence-corrected chi connectivity index (χ2v) is 27.0. The lowest BCUT2D eigenvalue weighted by Crippen LogP contribution is -2.30. The highest BCUT2D eigenvalue weighted by molar-refractivity contribution is 7.47. The summed E-state index contributed by atoms with van der Waals surface area (Å²) in [6.45, 7) is 4.46. The molecule has 3 N–H and O–H groups in total. The van der Waals surface area contributed by atoms with Gasteiger partial charge in [-0.15, -0.1) is 0 Å². The summed E-state index contributed by atoms with van der Waals surface area (Å²) in [6, 6.07) is 0. The molecule has 0 saturated heterocycles. The molecule has 0 saturated carbocycles. The van der Waals surface area contributed by atoms with Gasteiger partial charge >= 0.3 is 39.5 Å². The van der Waals surface area contributed by atoms with E-state index in [-0.39, 0.29) is 25.7 Å². The molecule has 0 fully saturated rings. The minimum absolute atomic E-state index is 0.0668. The Labute approximate surface area is 581 Å². The van der Waals surface area contributed by atoms with Crippen LogP contribution in [0.2, 0.25) is 0 Å². The molecule has 0 bridgehead atoms. The average molecular weight is 1390 g/mol. The van der Waals surface area contributed by atoms with Gasteiger partial charge in [0, 0.05) is 25.7 Å². The van der Waals surface area contributed by atoms with E-state index >= 15 is 0 Å². The van der Waals surface area contributed by atoms with Crippen molar-refractivity contribution in [1.29, 1.82) is 0 Å². The standard InChI is InChI=1S/C77H130O17P2/c1-5-9-13-17-21-25-29-33-35-39-41-45-49-53-57-61-74(79)87-67-72(93-76(81)63-59-55-51-47-43-37-31-27-23-19-15-11-7-3)69-91-95(83,84)89-65-71(78)66-90-96(85,86)92-70-73(94-77(82)64-60-56-52-48-44-38-32-28-24-20-16-12-8-4)68-88-75(80)62-58-54-50-46-42-40-36-34-30-26-22-18-14-10-6-2/h9-10,13-15,19,21-22,25-28,31-36,41,45,71-73,78H,5-8,11-12,16-18,20,23-24,29-30,37-40,42-44,46-70H2,1-4H3,(H,83,84)(H,85,86)/b13-9-,14-10-,19-15-,25-21-,26-22-,31-27-,32-28-,35-33-,36-34-,45-41-. The predicted octanol–water partition coefficient (Wildman–Crippen LogP) is 20.8. The number of hydrogen-bond donors (Lipinski definition) is 3. The number of ether oxygens (including phenoxy) is 4. The molecule has 0 heterocycles. The van der Waals surface area contributed by atoms with E-state index in [1.165, 1.54) is 25.7 Å². The molecule has 550 valence electrons. The van der Waals surface area contributed by atoms with Gasteiger partial charge in [-0.3, -0.25) is 37.3 Å². The van der Waals surface area contributed by atoms with Gasteiger partial charge in [0.2, 0.25) is 0 Å². The number of carbonyl (C=O) groups is 4. The highest BCUT2D eigenvalue weighted by atomic mass is 31.2. The van der Waals surface area contributed by atoms with Crippen LogP contribution in [0.25, 0.3) is 0 Å². The number of aliphatic hydroxyl groups excluding tert-OH is 1. The predicted molar refractivity (Wildman–Crippen MR) is 390 cm³/mol. The van der Waals surface area contributed by atoms with Crippen molar-refractivity contribution < 1.29 is 80.2 Å². The third-order valence-electron chi connectivity index (χ3n) is 14.9. The maximum atomic E-state index is 13.1. The first-order valence-corrected chi connectivity index (χ1v) is 39.8. The minimum atomic E-state index is -4.99. The third kappa shape index (κ3) is 68.0. The van der Waals surface area contributed by atoms with E-state index in [4.69, 9.17) is 37.0 Å². The molecule has 0 aromatic rings. The van der Waals surface area contributed by atoms with E-state index < -0.39 is 97.5 Å². The Kier molecular flexibility index (Phi) is 65.7. The number of hydrogen-bond acceptors (Lipinski definition) is 15. The fraction of sp³-hybridized carbons (Fsp3) is 0.688. The second kappa shape index (κ2) is 69.0. The van der Waals surface area contributed by atoms with E-state index in [1.54, 1.807) is 0 Å². The molecule has 0 aliphatic heterocycles. The van der Waals surface area contributed by atoms with E-state index in [2.05, 4.69) is 149 Å². The van der Waals surface area contributed by atoms with Crippen LogP contribution in [0.1, 0.15) is 285 Å². The van der Waals surface area contributed by atoms with Gasteiger partial charge in [-0.25, -0.2) is 9.13 Å². The Morgan fingerprint density at radius 2 is 0.562 bits per heavy atom. The molecule has 0 radical (unpaired) electrons. The van der Waals surface area contributed by atoms with Crippen LogP contribution >= 0.6 is 15.6 Å². The molecule has 96 heavy (non-hydrogen) atoms. The Bertz CT molecular complexity index is 2300. The topological polar surface area (TPSA) is 237 Å². The SMILES string of the molecule is CC/C=C\C/C=C\C/C=C\C/C=C\CCCCC(=O)OCC(COP(=O)(O)OCC(O)COP(=O)(O)OCC(COC(=O)CCCCCCC/C=C\C/C=C\C/C=C\CC)OC(=O)CCCCCCC/C=C\CCCCCC)OC(=O)CCCCCCC/C=C\C/C=C\CCC. The summed E-state index contributed by atoms with van der Waals surface area (Å²) in [5.74, 6) is -2.27. The molecule has 0 aliphatic carbocycles. The van der Waals surface area contributed by atoms with Crippen molar-refractivity contribution in [3.8, 4) is 0 Å². The van der Waals surface area contributed by atoms with Gasteiger partial charge in [-0.2, -0.15) is 0 Å². The van der Waals surface area contributed by atoms with Gasteiger partial charge in [-0.1, -0.05) is 233 Å². The first-order chi connectivity index (χ1) is 46.7. The third-order valence-corrected chi connectivity index (χ3v) is 16.8. The zero-order valence-electron chi connectivity index (χ0n) is 59.8. The van der Waals surface area contributed by atoms with Gasteiger partial charge < -0.3 is 33.8 Å². The fourth-order valence-corrected chi connectivity index (χ4v) is 10.9. The second-order valence-electron chi connectivity index (χ2n) is 24.1. The number of phosphoric acid groups is 2. The van der Waals surface area contributed by atoms with E-state index in [0.717, 1.165) is 180 Å². The Morgan fingerprint density at radius 3 is 0.906 bits per heavy atom. The fourth-order valence-electron chi connectivity index (χ4n) is 9.32. The lowest BCUT2D eigenvalue weighted by atomic mass is 10.1. The zero-order chi connectivity index (χ0) is 70.4. The van der Waals surface area contributed by atoms with Gasteiger partial charge in [-0.05, 0) is 148 Å². The van der Waals surface area contributed by atoms with Crippen LogP contribution < -0.4 is 0 Å². The number of allylic oxidation sites excluding steroid dienone is 20. The van der Waals surface area contributed by atoms with E-state index in [1.807, 2.05) is 0 Å². The molecule has 0 aliphatic rings. The summed E-state index contributed by atoms with van der Waals surface area (Å²) < 4.78 is 68.3. The number of unbranched alkanes of at least 4 members (excludes halogenated alkanes) is 22. The van der Waals surface area contributed by atoms with Crippen LogP contribution in [0, 0.1) is 0 Å². The van der Waals surface area contributed by atoms with Crippen LogP contribution in [-0.4, -0.2) is 96.7 Å². The smallest absolute Gasteiger partial charge is 0.462 e. The Balaban J connectivity index is 5.40. The number of phosphoric ester groups is 2. The van der Waals surface area contributed by atoms with Gasteiger partial charge in [0.05, 0.1) is 26.4 Å². The molecule has 5 unspecified atom stereocenters. The molecule has 0 aromatic heterocycles. The summed E-state index contributed by atoms with van der Waals surface area (Å²) in [5, 5.41) is 10.6. The van der Waals surface area contributed by atoms with Crippen LogP contribution in [0.5, 0.6) is 0 Å². The largest absolute Gasteiger partial charge is 0.472 e. The summed E-state index contributed by atoms with van der Waals surface area (Å²) in [7, 11) is -9.97. The lowest BCUT2D eigenvalue weighted by Gasteiger charge is -2.21. The first kappa shape index (κ1) is 91.5. The van der Waals surface area contributed by atoms with Crippen LogP contribution in [0.15, 0.2) is 122 Å². The van der Waals surface area contributed by atoms with Crippen LogP contribution in [-0.2, 0) is 65.4 Å². The molecular weight excluding hydrogens is 1260 g/mol. The summed E-state index contributed by atoms with van der Waals surface area (Å²) in [6.07, 6.45) is 73.5. The molecule has 5 atom stereocenters. The number of rotatable bonds is 68.